The van der Waals surface area contributed by atoms with E-state index in [1.807, 2.05) is 31.2 Å². The second kappa shape index (κ2) is 6.10. The van der Waals surface area contributed by atoms with E-state index in [0.717, 1.165) is 20.6 Å². The number of thiazole rings is 1. The van der Waals surface area contributed by atoms with Crippen molar-refractivity contribution in [3.8, 4) is 0 Å². The van der Waals surface area contributed by atoms with Crippen molar-refractivity contribution >= 4 is 38.2 Å². The van der Waals surface area contributed by atoms with Crippen LogP contribution < -0.4 is 10.9 Å². The summed E-state index contributed by atoms with van der Waals surface area (Å²) in [6.45, 7) is 2.17. The van der Waals surface area contributed by atoms with Crippen molar-refractivity contribution in [3.05, 3.63) is 69.1 Å². The molecule has 6 nitrogen and oxygen atoms in total. The molecule has 0 spiro atoms. The lowest BCUT2D eigenvalue weighted by molar-refractivity contribution is 0.0950. The molecule has 0 aliphatic heterocycles. The summed E-state index contributed by atoms with van der Waals surface area (Å²) in [5, 5.41) is 11.7. The van der Waals surface area contributed by atoms with Crippen LogP contribution in [0.3, 0.4) is 0 Å². The highest BCUT2D eigenvalue weighted by Crippen LogP contribution is 2.22. The number of aryl methyl sites for hydroxylation is 1. The van der Waals surface area contributed by atoms with Crippen LogP contribution in [0.4, 0.5) is 0 Å². The first kappa shape index (κ1) is 15.5. The molecule has 2 N–H and O–H groups in total. The lowest BCUT2D eigenvalue weighted by Crippen LogP contribution is -2.24. The predicted molar refractivity (Wildman–Crippen MR) is 97.9 cm³/mol. The number of carbonyl (C=O) groups is 1. The summed E-state index contributed by atoms with van der Waals surface area (Å²) >= 11 is 1.56. The van der Waals surface area contributed by atoms with Gasteiger partial charge in [-0.05, 0) is 31.2 Å². The van der Waals surface area contributed by atoms with Gasteiger partial charge in [0, 0.05) is 10.9 Å². The number of rotatable bonds is 3. The van der Waals surface area contributed by atoms with Gasteiger partial charge in [0.2, 0.25) is 0 Å². The molecule has 2 heterocycles. The molecule has 7 heteroatoms. The standard InChI is InChI=1S/C18H14N4O2S/c1-10-20-14-7-6-11(8-16(14)25-10)17(23)19-9-15-12-4-2-3-5-13(12)18(24)22-21-15/h2-8H,9H2,1H3,(H,19,23)(H,22,24). The first-order valence-corrected chi connectivity index (χ1v) is 8.55. The number of H-pyrrole nitrogens is 1. The Morgan fingerprint density at radius 1 is 1.20 bits per heavy atom. The molecule has 0 radical (unpaired) electrons. The molecule has 4 aromatic rings. The molecule has 0 aliphatic rings. The molecule has 25 heavy (non-hydrogen) atoms. The Balaban J connectivity index is 1.59. The third-order valence-electron chi connectivity index (χ3n) is 3.95. The van der Waals surface area contributed by atoms with Crippen LogP contribution in [-0.4, -0.2) is 21.1 Å². The van der Waals surface area contributed by atoms with Crippen LogP contribution in [0.5, 0.6) is 0 Å². The van der Waals surface area contributed by atoms with Crippen LogP contribution in [0, 0.1) is 6.92 Å². The van der Waals surface area contributed by atoms with Gasteiger partial charge in [-0.2, -0.15) is 5.10 Å². The van der Waals surface area contributed by atoms with Crippen LogP contribution in [-0.2, 0) is 6.54 Å². The van der Waals surface area contributed by atoms with Gasteiger partial charge in [0.25, 0.3) is 11.5 Å². The van der Waals surface area contributed by atoms with E-state index in [9.17, 15) is 9.59 Å². The van der Waals surface area contributed by atoms with Gasteiger partial charge >= 0.3 is 0 Å². The molecular weight excluding hydrogens is 336 g/mol. The summed E-state index contributed by atoms with van der Waals surface area (Å²) in [7, 11) is 0. The molecule has 0 fully saturated rings. The Kier molecular flexibility index (Phi) is 3.77. The van der Waals surface area contributed by atoms with Crippen molar-refractivity contribution in [2.45, 2.75) is 13.5 Å². The summed E-state index contributed by atoms with van der Waals surface area (Å²) in [6, 6.07) is 12.7. The van der Waals surface area contributed by atoms with Gasteiger partial charge in [-0.1, -0.05) is 18.2 Å². The minimum Gasteiger partial charge on any atom is -0.346 e. The number of fused-ring (bicyclic) bond motifs is 2. The van der Waals surface area contributed by atoms with Crippen LogP contribution in [0.2, 0.25) is 0 Å². The van der Waals surface area contributed by atoms with E-state index >= 15 is 0 Å². The van der Waals surface area contributed by atoms with Gasteiger partial charge in [0.15, 0.2) is 0 Å². The summed E-state index contributed by atoms with van der Waals surface area (Å²) in [6.07, 6.45) is 0. The number of amides is 1. The fourth-order valence-corrected chi connectivity index (χ4v) is 3.62. The lowest BCUT2D eigenvalue weighted by Gasteiger charge is -2.07. The molecule has 2 aromatic carbocycles. The Labute approximate surface area is 146 Å². The van der Waals surface area contributed by atoms with Crippen molar-refractivity contribution < 1.29 is 4.79 Å². The predicted octanol–water partition coefficient (Wildman–Crippen LogP) is 2.77. The van der Waals surface area contributed by atoms with Gasteiger partial charge in [0.1, 0.15) is 0 Å². The quantitative estimate of drug-likeness (QED) is 0.595. The maximum Gasteiger partial charge on any atom is 0.272 e. The van der Waals surface area contributed by atoms with Crippen LogP contribution >= 0.6 is 11.3 Å². The largest absolute Gasteiger partial charge is 0.346 e. The molecule has 124 valence electrons. The van der Waals surface area contributed by atoms with Crippen molar-refractivity contribution in [1.82, 2.24) is 20.5 Å². The molecule has 2 aromatic heterocycles. The van der Waals surface area contributed by atoms with Crippen LogP contribution in [0.1, 0.15) is 21.1 Å². The molecular formula is C18H14N4O2S. The maximum absolute atomic E-state index is 12.4. The van der Waals surface area contributed by atoms with E-state index in [-0.39, 0.29) is 18.0 Å². The topological polar surface area (TPSA) is 87.7 Å². The highest BCUT2D eigenvalue weighted by molar-refractivity contribution is 7.18. The molecule has 1 amide bonds. The summed E-state index contributed by atoms with van der Waals surface area (Å²) in [5.74, 6) is -0.190. The molecule has 4 rings (SSSR count). The number of aromatic amines is 1. The van der Waals surface area contributed by atoms with Gasteiger partial charge < -0.3 is 5.32 Å². The average Bonchev–Trinajstić information content (AvgIpc) is 3.00. The summed E-state index contributed by atoms with van der Waals surface area (Å²) < 4.78 is 0.984. The average molecular weight is 350 g/mol. The number of benzene rings is 2. The van der Waals surface area contributed by atoms with Crippen molar-refractivity contribution in [3.63, 3.8) is 0 Å². The molecule has 0 bridgehead atoms. The molecule has 0 saturated carbocycles. The van der Waals surface area contributed by atoms with E-state index in [2.05, 4.69) is 20.5 Å². The summed E-state index contributed by atoms with van der Waals surface area (Å²) in [5.41, 5.74) is 1.85. The third kappa shape index (κ3) is 2.89. The normalized spacial score (nSPS) is 11.1. The highest BCUT2D eigenvalue weighted by Gasteiger charge is 2.11. The number of nitrogens with zero attached hydrogens (tertiary/aromatic N) is 2. The second-order valence-corrected chi connectivity index (χ2v) is 6.88. The monoisotopic (exact) mass is 350 g/mol. The van der Waals surface area contributed by atoms with E-state index in [1.165, 1.54) is 0 Å². The molecule has 0 atom stereocenters. The van der Waals surface area contributed by atoms with Gasteiger partial charge in [-0.25, -0.2) is 10.1 Å². The minimum atomic E-state index is -0.239. The van der Waals surface area contributed by atoms with E-state index < -0.39 is 0 Å². The third-order valence-corrected chi connectivity index (χ3v) is 4.88. The number of nitrogens with one attached hydrogen (secondary N) is 2. The van der Waals surface area contributed by atoms with Gasteiger partial charge in [-0.15, -0.1) is 11.3 Å². The van der Waals surface area contributed by atoms with Crippen molar-refractivity contribution in [1.29, 1.82) is 0 Å². The molecule has 0 aliphatic carbocycles. The summed E-state index contributed by atoms with van der Waals surface area (Å²) in [4.78, 5) is 28.6. The SMILES string of the molecule is Cc1nc2ccc(C(=O)NCc3n[nH]c(=O)c4ccccc34)cc2s1. The zero-order valence-electron chi connectivity index (χ0n) is 13.4. The smallest absolute Gasteiger partial charge is 0.272 e. The number of hydrogen-bond acceptors (Lipinski definition) is 5. The second-order valence-electron chi connectivity index (χ2n) is 5.64. The first-order chi connectivity index (χ1) is 12.1. The zero-order valence-corrected chi connectivity index (χ0v) is 14.2. The van der Waals surface area contributed by atoms with Crippen molar-refractivity contribution in [2.75, 3.05) is 0 Å². The van der Waals surface area contributed by atoms with Crippen LogP contribution in [0.15, 0.2) is 47.3 Å². The van der Waals surface area contributed by atoms with Crippen molar-refractivity contribution in [2.24, 2.45) is 0 Å². The number of aromatic nitrogens is 3. The number of carbonyl (C=O) groups excluding carboxylic acids is 1. The van der Waals surface area contributed by atoms with E-state index in [1.54, 1.807) is 29.5 Å². The van der Waals surface area contributed by atoms with E-state index in [0.29, 0.717) is 16.6 Å². The van der Waals surface area contributed by atoms with Gasteiger partial charge in [0.05, 0.1) is 32.8 Å². The maximum atomic E-state index is 12.4. The van der Waals surface area contributed by atoms with E-state index in [4.69, 9.17) is 0 Å². The fourth-order valence-electron chi connectivity index (χ4n) is 2.75. The Morgan fingerprint density at radius 3 is 2.84 bits per heavy atom. The zero-order chi connectivity index (χ0) is 17.4. The molecule has 0 saturated heterocycles. The Morgan fingerprint density at radius 2 is 2.00 bits per heavy atom. The lowest BCUT2D eigenvalue weighted by atomic mass is 10.1. The molecule has 0 unspecified atom stereocenters. The number of hydrogen-bond donors (Lipinski definition) is 2. The Hall–Kier alpha value is -3.06. The Bertz CT molecular complexity index is 1160. The highest BCUT2D eigenvalue weighted by atomic mass is 32.1. The first-order valence-electron chi connectivity index (χ1n) is 7.73. The fraction of sp³-hybridized carbons (Fsp3) is 0.111. The minimum absolute atomic E-state index is 0.190. The van der Waals surface area contributed by atoms with Gasteiger partial charge in [-0.3, -0.25) is 9.59 Å². The van der Waals surface area contributed by atoms with Crippen LogP contribution in [0.25, 0.3) is 21.0 Å².